The molecule has 0 aliphatic carbocycles. The van der Waals surface area contributed by atoms with Crippen LogP contribution in [0.2, 0.25) is 0 Å². The van der Waals surface area contributed by atoms with Gasteiger partial charge in [0.25, 0.3) is 0 Å². The van der Waals surface area contributed by atoms with Crippen molar-refractivity contribution in [1.29, 1.82) is 0 Å². The van der Waals surface area contributed by atoms with Gasteiger partial charge in [-0.1, -0.05) is 0 Å². The Bertz CT molecular complexity index is 619. The van der Waals surface area contributed by atoms with Crippen LogP contribution in [0.25, 0.3) is 0 Å². The molecule has 0 radical (unpaired) electrons. The van der Waals surface area contributed by atoms with Crippen LogP contribution in [0.3, 0.4) is 0 Å². The Kier molecular flexibility index (Phi) is 4.49. The maximum absolute atomic E-state index is 13.3. The minimum Gasteiger partial charge on any atom is -0.508 e. The molecule has 1 atom stereocenters. The van der Waals surface area contributed by atoms with Crippen LogP contribution in [0, 0.1) is 5.82 Å². The van der Waals surface area contributed by atoms with Gasteiger partial charge in [0, 0.05) is 17.3 Å². The van der Waals surface area contributed by atoms with E-state index in [-0.39, 0.29) is 17.6 Å². The van der Waals surface area contributed by atoms with Crippen molar-refractivity contribution < 1.29 is 14.2 Å². The summed E-state index contributed by atoms with van der Waals surface area (Å²) >= 11 is 3.38. The van der Waals surface area contributed by atoms with Crippen molar-refractivity contribution in [3.05, 3.63) is 52.3 Å². The average Bonchev–Trinajstić information content (AvgIpc) is 2.43. The first-order valence-corrected chi connectivity index (χ1v) is 6.89. The van der Waals surface area contributed by atoms with Crippen LogP contribution in [-0.2, 0) is 0 Å². The lowest BCUT2D eigenvalue weighted by Gasteiger charge is -2.18. The molecule has 2 aromatic rings. The molecule has 20 heavy (non-hydrogen) atoms. The smallest absolute Gasteiger partial charge is 0.135 e. The van der Waals surface area contributed by atoms with Crippen molar-refractivity contribution in [2.75, 3.05) is 12.4 Å². The van der Waals surface area contributed by atoms with E-state index in [9.17, 15) is 9.50 Å². The summed E-state index contributed by atoms with van der Waals surface area (Å²) in [4.78, 5) is 0. The molecule has 0 saturated carbocycles. The van der Waals surface area contributed by atoms with Gasteiger partial charge in [-0.05, 0) is 53.2 Å². The SMILES string of the molecule is COc1cc(NC(C)c2cc(F)ccc2O)ccc1Br. The number of methoxy groups -OCH3 is 1. The molecule has 106 valence electrons. The molecule has 0 aliphatic rings. The molecule has 0 heterocycles. The van der Waals surface area contributed by atoms with E-state index in [1.807, 2.05) is 25.1 Å². The Hall–Kier alpha value is -1.75. The molecule has 0 saturated heterocycles. The van der Waals surface area contributed by atoms with E-state index in [0.717, 1.165) is 10.2 Å². The van der Waals surface area contributed by atoms with Gasteiger partial charge in [-0.15, -0.1) is 0 Å². The van der Waals surface area contributed by atoms with Gasteiger partial charge in [-0.25, -0.2) is 4.39 Å². The number of hydrogen-bond acceptors (Lipinski definition) is 3. The largest absolute Gasteiger partial charge is 0.508 e. The second-order valence-electron chi connectivity index (χ2n) is 4.42. The Morgan fingerprint density at radius 2 is 2.00 bits per heavy atom. The number of ether oxygens (including phenoxy) is 1. The van der Waals surface area contributed by atoms with Crippen LogP contribution in [0.4, 0.5) is 10.1 Å². The van der Waals surface area contributed by atoms with Gasteiger partial charge in [0.2, 0.25) is 0 Å². The van der Waals surface area contributed by atoms with E-state index < -0.39 is 0 Å². The zero-order valence-electron chi connectivity index (χ0n) is 11.2. The molecule has 0 bridgehead atoms. The summed E-state index contributed by atoms with van der Waals surface area (Å²) in [5, 5.41) is 13.0. The molecule has 0 aromatic heterocycles. The molecular formula is C15H15BrFNO2. The Labute approximate surface area is 125 Å². The number of anilines is 1. The monoisotopic (exact) mass is 339 g/mol. The Morgan fingerprint density at radius 3 is 2.70 bits per heavy atom. The Balaban J connectivity index is 2.23. The zero-order valence-corrected chi connectivity index (χ0v) is 12.7. The molecule has 0 aliphatic heterocycles. The molecule has 1 unspecified atom stereocenters. The van der Waals surface area contributed by atoms with Crippen molar-refractivity contribution in [2.45, 2.75) is 13.0 Å². The second kappa shape index (κ2) is 6.13. The summed E-state index contributed by atoms with van der Waals surface area (Å²) in [5.41, 5.74) is 1.33. The highest BCUT2D eigenvalue weighted by Crippen LogP contribution is 2.31. The molecule has 0 spiro atoms. The Morgan fingerprint density at radius 1 is 1.25 bits per heavy atom. The van der Waals surface area contributed by atoms with Crippen LogP contribution in [0.1, 0.15) is 18.5 Å². The molecule has 2 N–H and O–H groups in total. The summed E-state index contributed by atoms with van der Waals surface area (Å²) in [6, 6.07) is 9.23. The van der Waals surface area contributed by atoms with E-state index in [1.165, 1.54) is 18.2 Å². The highest BCUT2D eigenvalue weighted by atomic mass is 79.9. The van der Waals surface area contributed by atoms with Crippen LogP contribution in [-0.4, -0.2) is 12.2 Å². The quantitative estimate of drug-likeness (QED) is 0.863. The molecule has 0 amide bonds. The van der Waals surface area contributed by atoms with E-state index >= 15 is 0 Å². The third-order valence-corrected chi connectivity index (χ3v) is 3.65. The topological polar surface area (TPSA) is 41.5 Å². The second-order valence-corrected chi connectivity index (χ2v) is 5.27. The van der Waals surface area contributed by atoms with Crippen molar-refractivity contribution >= 4 is 21.6 Å². The molecular weight excluding hydrogens is 325 g/mol. The van der Waals surface area contributed by atoms with Gasteiger partial charge in [-0.2, -0.15) is 0 Å². The van der Waals surface area contributed by atoms with Gasteiger partial charge in [-0.3, -0.25) is 0 Å². The highest BCUT2D eigenvalue weighted by Gasteiger charge is 2.12. The number of phenolic OH excluding ortho intramolecular Hbond substituents is 1. The normalized spacial score (nSPS) is 12.0. The fraction of sp³-hybridized carbons (Fsp3) is 0.200. The fourth-order valence-corrected chi connectivity index (χ4v) is 2.36. The highest BCUT2D eigenvalue weighted by molar-refractivity contribution is 9.10. The number of phenols is 1. The van der Waals surface area contributed by atoms with Gasteiger partial charge >= 0.3 is 0 Å². The summed E-state index contributed by atoms with van der Waals surface area (Å²) in [6.45, 7) is 1.85. The van der Waals surface area contributed by atoms with Crippen molar-refractivity contribution in [3.8, 4) is 11.5 Å². The lowest BCUT2D eigenvalue weighted by atomic mass is 10.1. The first-order valence-electron chi connectivity index (χ1n) is 6.09. The fourth-order valence-electron chi connectivity index (χ4n) is 1.95. The van der Waals surface area contributed by atoms with Crippen molar-refractivity contribution in [2.24, 2.45) is 0 Å². The predicted molar refractivity (Wildman–Crippen MR) is 80.8 cm³/mol. The number of aromatic hydroxyl groups is 1. The van der Waals surface area contributed by atoms with Crippen LogP contribution < -0.4 is 10.1 Å². The van der Waals surface area contributed by atoms with Crippen molar-refractivity contribution in [1.82, 2.24) is 0 Å². The number of hydrogen-bond donors (Lipinski definition) is 2. The van der Waals surface area contributed by atoms with Crippen LogP contribution >= 0.6 is 15.9 Å². The van der Waals surface area contributed by atoms with Crippen molar-refractivity contribution in [3.63, 3.8) is 0 Å². The zero-order chi connectivity index (χ0) is 14.7. The lowest BCUT2D eigenvalue weighted by molar-refractivity contribution is 0.412. The summed E-state index contributed by atoms with van der Waals surface area (Å²) < 4.78 is 19.3. The first-order chi connectivity index (χ1) is 9.51. The van der Waals surface area contributed by atoms with E-state index in [1.54, 1.807) is 7.11 Å². The van der Waals surface area contributed by atoms with Crippen LogP contribution in [0.5, 0.6) is 11.5 Å². The minimum absolute atomic E-state index is 0.0653. The molecule has 2 aromatic carbocycles. The van der Waals surface area contributed by atoms with Gasteiger partial charge in [0.1, 0.15) is 17.3 Å². The van der Waals surface area contributed by atoms with E-state index in [0.29, 0.717) is 11.3 Å². The maximum Gasteiger partial charge on any atom is 0.135 e. The minimum atomic E-state index is -0.375. The number of rotatable bonds is 4. The van der Waals surface area contributed by atoms with E-state index in [4.69, 9.17) is 4.74 Å². The van der Waals surface area contributed by atoms with Gasteiger partial charge < -0.3 is 15.2 Å². The van der Waals surface area contributed by atoms with Crippen LogP contribution in [0.15, 0.2) is 40.9 Å². The summed E-state index contributed by atoms with van der Waals surface area (Å²) in [7, 11) is 1.59. The lowest BCUT2D eigenvalue weighted by Crippen LogP contribution is -2.07. The average molecular weight is 340 g/mol. The van der Waals surface area contributed by atoms with Gasteiger partial charge in [0.05, 0.1) is 17.6 Å². The summed E-state index contributed by atoms with van der Waals surface area (Å²) in [6.07, 6.45) is 0. The van der Waals surface area contributed by atoms with Gasteiger partial charge in [0.15, 0.2) is 0 Å². The summed E-state index contributed by atoms with van der Waals surface area (Å²) in [5.74, 6) is 0.390. The third-order valence-electron chi connectivity index (χ3n) is 2.99. The maximum atomic E-state index is 13.3. The molecule has 2 rings (SSSR count). The number of nitrogens with one attached hydrogen (secondary N) is 1. The first kappa shape index (κ1) is 14.7. The standard InChI is InChI=1S/C15H15BrFNO2/c1-9(12-7-10(17)3-6-14(12)19)18-11-4-5-13(16)15(8-11)20-2/h3-9,18-19H,1-2H3. The molecule has 3 nitrogen and oxygen atoms in total. The number of benzene rings is 2. The molecule has 5 heteroatoms. The van der Waals surface area contributed by atoms with E-state index in [2.05, 4.69) is 21.2 Å². The number of halogens is 2. The predicted octanol–water partition coefficient (Wildman–Crippen LogP) is 4.48. The third kappa shape index (κ3) is 3.22. The molecule has 0 fully saturated rings.